The first-order valence-corrected chi connectivity index (χ1v) is 16.6. The molecule has 0 aliphatic heterocycles. The van der Waals surface area contributed by atoms with Gasteiger partial charge in [-0.05, 0) is 64.7 Å². The second-order valence-electron chi connectivity index (χ2n) is 12.1. The van der Waals surface area contributed by atoms with Crippen molar-refractivity contribution in [3.63, 3.8) is 0 Å². The summed E-state index contributed by atoms with van der Waals surface area (Å²) in [5.74, 6) is 0. The fourth-order valence-electron chi connectivity index (χ4n) is 7.31. The highest BCUT2D eigenvalue weighted by Gasteiger charge is 2.18. The second-order valence-corrected chi connectivity index (χ2v) is 13.1. The molecule has 10 aromatic rings. The van der Waals surface area contributed by atoms with Crippen molar-refractivity contribution in [1.82, 2.24) is 14.5 Å². The van der Waals surface area contributed by atoms with E-state index >= 15 is 0 Å². The van der Waals surface area contributed by atoms with Crippen molar-refractivity contribution in [2.75, 3.05) is 0 Å². The average Bonchev–Trinajstić information content (AvgIpc) is 3.77. The highest BCUT2D eigenvalue weighted by Crippen LogP contribution is 2.43. The summed E-state index contributed by atoms with van der Waals surface area (Å²) >= 11 is 1.90. The first kappa shape index (κ1) is 25.8. The zero-order valence-electron chi connectivity index (χ0n) is 25.1. The van der Waals surface area contributed by atoms with Crippen LogP contribution in [-0.2, 0) is 6.54 Å². The van der Waals surface area contributed by atoms with Gasteiger partial charge in [0.1, 0.15) is 11.1 Å². The van der Waals surface area contributed by atoms with Crippen molar-refractivity contribution in [2.24, 2.45) is 0 Å². The zero-order valence-corrected chi connectivity index (χ0v) is 25.9. The number of rotatable bonds is 4. The molecule has 4 heterocycles. The Labute approximate surface area is 268 Å². The molecule has 6 aromatic carbocycles. The molecular weight excluding hydrogens is 583 g/mol. The maximum absolute atomic E-state index is 6.23. The van der Waals surface area contributed by atoms with Crippen molar-refractivity contribution in [1.29, 1.82) is 0 Å². The van der Waals surface area contributed by atoms with Crippen molar-refractivity contribution in [3.05, 3.63) is 121 Å². The van der Waals surface area contributed by atoms with Crippen LogP contribution in [0.4, 0.5) is 0 Å². The van der Waals surface area contributed by atoms with Crippen LogP contribution in [0, 0.1) is 0 Å². The molecule has 0 fully saturated rings. The Kier molecular flexibility index (Phi) is 5.46. The van der Waals surface area contributed by atoms with Gasteiger partial charge in [-0.25, -0.2) is 9.97 Å². The number of nitrogens with zero attached hydrogens (tertiary/aromatic N) is 3. The van der Waals surface area contributed by atoms with E-state index in [4.69, 9.17) is 14.4 Å². The molecule has 0 atom stereocenters. The molecular formula is C41H27N3OS. The lowest BCUT2D eigenvalue weighted by Crippen LogP contribution is -1.95. The second kappa shape index (κ2) is 9.74. The predicted octanol–water partition coefficient (Wildman–Crippen LogP) is 11.7. The molecule has 4 aromatic heterocycles. The fourth-order valence-corrected chi connectivity index (χ4v) is 8.57. The molecule has 0 aliphatic rings. The van der Waals surface area contributed by atoms with E-state index in [-0.39, 0.29) is 0 Å². The Morgan fingerprint density at radius 3 is 2.43 bits per heavy atom. The van der Waals surface area contributed by atoms with Crippen LogP contribution in [0.3, 0.4) is 0 Å². The Morgan fingerprint density at radius 1 is 0.674 bits per heavy atom. The Hall–Kier alpha value is -5.52. The van der Waals surface area contributed by atoms with E-state index in [0.29, 0.717) is 5.71 Å². The molecule has 4 nitrogen and oxygen atoms in total. The summed E-state index contributed by atoms with van der Waals surface area (Å²) in [4.78, 5) is 9.85. The van der Waals surface area contributed by atoms with Crippen molar-refractivity contribution >= 4 is 86.3 Å². The van der Waals surface area contributed by atoms with Gasteiger partial charge in [0.25, 0.3) is 0 Å². The highest BCUT2D eigenvalue weighted by atomic mass is 32.1. The minimum atomic E-state index is 0.562. The van der Waals surface area contributed by atoms with E-state index in [1.807, 2.05) is 23.6 Å². The lowest BCUT2D eigenvalue weighted by atomic mass is 9.99. The molecule has 0 bridgehead atoms. The molecule has 0 saturated heterocycles. The van der Waals surface area contributed by atoms with E-state index in [1.54, 1.807) is 0 Å². The van der Waals surface area contributed by atoms with Crippen LogP contribution in [0.5, 0.6) is 0 Å². The maximum atomic E-state index is 6.23. The zero-order chi connectivity index (χ0) is 30.4. The van der Waals surface area contributed by atoms with E-state index in [0.717, 1.165) is 51.7 Å². The van der Waals surface area contributed by atoms with E-state index < -0.39 is 0 Å². The van der Waals surface area contributed by atoms with Crippen LogP contribution in [0.2, 0.25) is 0 Å². The van der Waals surface area contributed by atoms with Gasteiger partial charge in [-0.3, -0.25) is 0 Å². The molecule has 0 radical (unpaired) electrons. The number of hydrogen-bond donors (Lipinski definition) is 0. The smallest absolute Gasteiger partial charge is 0.246 e. The molecule has 5 heteroatoms. The number of benzene rings is 6. The van der Waals surface area contributed by atoms with Crippen molar-refractivity contribution in [3.8, 4) is 22.4 Å². The molecule has 218 valence electrons. The van der Waals surface area contributed by atoms with E-state index in [2.05, 4.69) is 121 Å². The maximum Gasteiger partial charge on any atom is 0.246 e. The molecule has 46 heavy (non-hydrogen) atoms. The average molecular weight is 610 g/mol. The first-order chi connectivity index (χ1) is 22.7. The minimum Gasteiger partial charge on any atom is -0.436 e. The fraction of sp³-hybridized carbons (Fsp3) is 0.0732. The van der Waals surface area contributed by atoms with Crippen LogP contribution in [0.1, 0.15) is 13.3 Å². The normalized spacial score (nSPS) is 12.2. The van der Waals surface area contributed by atoms with Gasteiger partial charge in [-0.2, -0.15) is 0 Å². The van der Waals surface area contributed by atoms with Crippen LogP contribution in [0.15, 0.2) is 126 Å². The van der Waals surface area contributed by atoms with Gasteiger partial charge < -0.3 is 8.98 Å². The topological polar surface area (TPSA) is 43.9 Å². The van der Waals surface area contributed by atoms with Crippen molar-refractivity contribution in [2.45, 2.75) is 19.9 Å². The molecule has 0 spiro atoms. The minimum absolute atomic E-state index is 0.562. The van der Waals surface area contributed by atoms with E-state index in [9.17, 15) is 0 Å². The molecule has 0 unspecified atom stereocenters. The third-order valence-electron chi connectivity index (χ3n) is 9.39. The molecule has 0 saturated carbocycles. The van der Waals surface area contributed by atoms with Crippen LogP contribution in [0.25, 0.3) is 97.3 Å². The summed E-state index contributed by atoms with van der Waals surface area (Å²) in [5.41, 5.74) is 8.91. The van der Waals surface area contributed by atoms with Gasteiger partial charge in [-0.1, -0.05) is 85.8 Å². The third kappa shape index (κ3) is 3.66. The van der Waals surface area contributed by atoms with Gasteiger partial charge in [-0.15, -0.1) is 11.3 Å². The van der Waals surface area contributed by atoms with Gasteiger partial charge >= 0.3 is 0 Å². The third-order valence-corrected chi connectivity index (χ3v) is 10.6. The number of aryl methyl sites for hydroxylation is 1. The summed E-state index contributed by atoms with van der Waals surface area (Å²) in [6.45, 7) is 3.24. The van der Waals surface area contributed by atoms with Gasteiger partial charge in [0, 0.05) is 48.6 Å². The number of hydrogen-bond acceptors (Lipinski definition) is 4. The summed E-state index contributed by atoms with van der Waals surface area (Å²) in [6, 6.07) is 41.4. The van der Waals surface area contributed by atoms with Gasteiger partial charge in [0.2, 0.25) is 5.71 Å². The predicted molar refractivity (Wildman–Crippen MR) is 194 cm³/mol. The summed E-state index contributed by atoms with van der Waals surface area (Å²) in [6.07, 6.45) is 2.96. The Bertz CT molecular complexity index is 2840. The largest absolute Gasteiger partial charge is 0.436 e. The molecule has 10 rings (SSSR count). The van der Waals surface area contributed by atoms with Gasteiger partial charge in [0.05, 0.1) is 22.8 Å². The molecule has 0 N–H and O–H groups in total. The number of thiophene rings is 1. The van der Waals surface area contributed by atoms with Gasteiger partial charge in [0.15, 0.2) is 0 Å². The Morgan fingerprint density at radius 2 is 1.50 bits per heavy atom. The lowest BCUT2D eigenvalue weighted by molar-refractivity contribution is 0.654. The number of aromatic nitrogens is 3. The summed E-state index contributed by atoms with van der Waals surface area (Å²) in [7, 11) is 0. The van der Waals surface area contributed by atoms with E-state index in [1.165, 1.54) is 52.9 Å². The number of furan rings is 1. The highest BCUT2D eigenvalue weighted by molar-refractivity contribution is 7.26. The van der Waals surface area contributed by atoms with Crippen LogP contribution in [-0.4, -0.2) is 14.5 Å². The SMILES string of the molecule is CCCn1c2ccc(-c3cccc(-c4cnc5c(n4)oc4ccc6ccccc6c45)c3)cc2c2c3sc4ccccc4c3ccc21. The Balaban J connectivity index is 1.13. The van der Waals surface area contributed by atoms with Crippen molar-refractivity contribution < 1.29 is 4.42 Å². The first-order valence-electron chi connectivity index (χ1n) is 15.8. The molecule has 0 aliphatic carbocycles. The molecule has 0 amide bonds. The van der Waals surface area contributed by atoms with Crippen LogP contribution < -0.4 is 0 Å². The quantitative estimate of drug-likeness (QED) is 0.199. The standard InChI is InChI=1S/C41H27N3OS/c1-2-20-44-33-17-14-26(22-31(33)37-34(44)18-16-30-29-12-5-6-13-36(29)46-40(30)37)25-9-7-10-27(21-25)32-23-42-39-38-28-11-4-3-8-24(28)15-19-35(38)45-41(39)43-32/h3-19,21-23H,2,20H2,1H3. The summed E-state index contributed by atoms with van der Waals surface area (Å²) < 4.78 is 11.4. The monoisotopic (exact) mass is 609 g/mol. The number of fused-ring (bicyclic) bond motifs is 12. The van der Waals surface area contributed by atoms with Crippen LogP contribution >= 0.6 is 11.3 Å². The summed E-state index contributed by atoms with van der Waals surface area (Å²) in [5, 5.41) is 8.65. The lowest BCUT2D eigenvalue weighted by Gasteiger charge is -2.08.